The Kier molecular flexibility index (Phi) is 8.25. The molecule has 0 spiro atoms. The molecular weight excluding hydrogens is 623 g/mol. The highest BCUT2D eigenvalue weighted by atomic mass is 19.1. The number of hydrogen-bond acceptors (Lipinski definition) is 5. The number of aromatic nitrogens is 3. The Hall–Kier alpha value is -4.70. The molecule has 10 heteroatoms. The number of nitrogens with zero attached hydrogens (tertiary/aromatic N) is 3. The van der Waals surface area contributed by atoms with Gasteiger partial charge in [0.2, 0.25) is 0 Å². The van der Waals surface area contributed by atoms with Gasteiger partial charge in [-0.3, -0.25) is 4.79 Å². The Morgan fingerprint density at radius 2 is 1.86 bits per heavy atom. The van der Waals surface area contributed by atoms with Crippen molar-refractivity contribution in [2.75, 3.05) is 19.7 Å². The standard InChI is InChI=1S/C39H43FN4O5/c1-21-24-11-9-17-48-34(24)29(40)18-26(21)33-27-19-31(43(6)36(27)42-22(2)32(33)35(38(46)47)49-39(3,4)5)37(45)44-15-13-23(14-16-44)28-20-41-30-12-8-7-10-25(28)30/h7-8,10,12,18-20,23,35,41H,9,11,13-17H2,1-6H3,(H,46,47)/t35-/m0/s1. The van der Waals surface area contributed by atoms with E-state index in [4.69, 9.17) is 14.5 Å². The molecule has 1 atom stereocenters. The fourth-order valence-electron chi connectivity index (χ4n) is 7.76. The molecule has 0 unspecified atom stereocenters. The van der Waals surface area contributed by atoms with Crippen molar-refractivity contribution < 1.29 is 28.6 Å². The first-order valence-electron chi connectivity index (χ1n) is 17.0. The smallest absolute Gasteiger partial charge is 0.337 e. The van der Waals surface area contributed by atoms with Crippen LogP contribution in [0, 0.1) is 19.7 Å². The van der Waals surface area contributed by atoms with Crippen molar-refractivity contribution in [2.45, 2.75) is 77.9 Å². The van der Waals surface area contributed by atoms with Gasteiger partial charge >= 0.3 is 5.97 Å². The zero-order chi connectivity index (χ0) is 34.8. The molecule has 9 nitrogen and oxygen atoms in total. The molecule has 2 aliphatic rings. The number of carboxylic acids is 1. The van der Waals surface area contributed by atoms with Crippen LogP contribution < -0.4 is 4.74 Å². The van der Waals surface area contributed by atoms with Crippen LogP contribution >= 0.6 is 0 Å². The number of H-pyrrole nitrogens is 1. The summed E-state index contributed by atoms with van der Waals surface area (Å²) in [5, 5.41) is 12.3. The lowest BCUT2D eigenvalue weighted by atomic mass is 9.86. The number of halogens is 1. The summed E-state index contributed by atoms with van der Waals surface area (Å²) in [5.41, 5.74) is 5.96. The molecule has 0 radical (unpaired) electrons. The zero-order valence-corrected chi connectivity index (χ0v) is 28.9. The van der Waals surface area contributed by atoms with Crippen molar-refractivity contribution >= 4 is 33.8 Å². The third-order valence-corrected chi connectivity index (χ3v) is 10.1. The van der Waals surface area contributed by atoms with Gasteiger partial charge in [-0.25, -0.2) is 14.2 Å². The van der Waals surface area contributed by atoms with E-state index in [0.717, 1.165) is 35.9 Å². The number of para-hydroxylation sites is 1. The van der Waals surface area contributed by atoms with E-state index >= 15 is 4.39 Å². The number of piperidine rings is 1. The van der Waals surface area contributed by atoms with Crippen LogP contribution in [-0.4, -0.2) is 61.7 Å². The third kappa shape index (κ3) is 5.75. The number of likely N-dealkylation sites (tertiary alicyclic amines) is 1. The molecule has 49 heavy (non-hydrogen) atoms. The minimum Gasteiger partial charge on any atom is -0.490 e. The molecule has 0 aliphatic carbocycles. The molecule has 5 aromatic rings. The lowest BCUT2D eigenvalue weighted by Gasteiger charge is -2.32. The maximum atomic E-state index is 15.8. The van der Waals surface area contributed by atoms with Crippen LogP contribution in [-0.2, 0) is 23.0 Å². The molecule has 5 heterocycles. The number of carboxylic acid groups (broad SMARTS) is 1. The van der Waals surface area contributed by atoms with E-state index in [1.54, 1.807) is 45.4 Å². The lowest BCUT2D eigenvalue weighted by Crippen LogP contribution is -2.38. The van der Waals surface area contributed by atoms with Crippen molar-refractivity contribution in [1.82, 2.24) is 19.4 Å². The zero-order valence-electron chi connectivity index (χ0n) is 28.9. The van der Waals surface area contributed by atoms with Gasteiger partial charge in [0.15, 0.2) is 17.7 Å². The van der Waals surface area contributed by atoms with E-state index in [1.165, 1.54) is 17.0 Å². The molecular formula is C39H43FN4O5. The molecule has 3 aromatic heterocycles. The second-order valence-electron chi connectivity index (χ2n) is 14.4. The molecule has 7 rings (SSSR count). The van der Waals surface area contributed by atoms with Crippen LogP contribution in [0.25, 0.3) is 33.1 Å². The van der Waals surface area contributed by atoms with Gasteiger partial charge in [0.1, 0.15) is 11.3 Å². The number of hydrogen-bond donors (Lipinski definition) is 2. The molecule has 0 saturated carbocycles. The van der Waals surface area contributed by atoms with Gasteiger partial charge < -0.3 is 29.0 Å². The number of aromatic amines is 1. The summed E-state index contributed by atoms with van der Waals surface area (Å²) in [5.74, 6) is -1.21. The van der Waals surface area contributed by atoms with E-state index in [9.17, 15) is 14.7 Å². The van der Waals surface area contributed by atoms with E-state index in [2.05, 4.69) is 29.4 Å². The average molecular weight is 667 g/mol. The molecule has 1 saturated heterocycles. The number of benzene rings is 2. The monoisotopic (exact) mass is 666 g/mol. The summed E-state index contributed by atoms with van der Waals surface area (Å²) in [7, 11) is 1.80. The number of rotatable bonds is 6. The number of fused-ring (bicyclic) bond motifs is 3. The minimum atomic E-state index is -1.38. The molecule has 1 amide bonds. The highest BCUT2D eigenvalue weighted by molar-refractivity contribution is 6.05. The fourth-order valence-corrected chi connectivity index (χ4v) is 7.76. The van der Waals surface area contributed by atoms with Gasteiger partial charge in [-0.2, -0.15) is 0 Å². The number of nitrogens with one attached hydrogen (secondary N) is 1. The van der Waals surface area contributed by atoms with Crippen LogP contribution in [0.15, 0.2) is 42.6 Å². The van der Waals surface area contributed by atoms with E-state index in [0.29, 0.717) is 71.1 Å². The van der Waals surface area contributed by atoms with Crippen molar-refractivity contribution in [3.63, 3.8) is 0 Å². The van der Waals surface area contributed by atoms with E-state index in [-0.39, 0.29) is 11.7 Å². The predicted octanol–water partition coefficient (Wildman–Crippen LogP) is 7.76. The molecule has 2 N–H and O–H groups in total. The summed E-state index contributed by atoms with van der Waals surface area (Å²) in [6.07, 6.45) is 3.77. The Morgan fingerprint density at radius 3 is 2.57 bits per heavy atom. The van der Waals surface area contributed by atoms with Crippen LogP contribution in [0.4, 0.5) is 4.39 Å². The Labute approximate surface area is 285 Å². The van der Waals surface area contributed by atoms with E-state index < -0.39 is 23.5 Å². The number of carbonyl (C=O) groups is 2. The van der Waals surface area contributed by atoms with Crippen molar-refractivity contribution in [3.05, 3.63) is 82.1 Å². The van der Waals surface area contributed by atoms with Crippen molar-refractivity contribution in [1.29, 1.82) is 0 Å². The first-order chi connectivity index (χ1) is 23.3. The lowest BCUT2D eigenvalue weighted by molar-refractivity contribution is -0.160. The Balaban J connectivity index is 1.33. The van der Waals surface area contributed by atoms with Gasteiger partial charge in [-0.05, 0) is 101 Å². The second kappa shape index (κ2) is 12.3. The third-order valence-electron chi connectivity index (χ3n) is 10.1. The molecule has 256 valence electrons. The highest BCUT2D eigenvalue weighted by Crippen LogP contribution is 2.45. The van der Waals surface area contributed by atoms with Crippen molar-refractivity contribution in [2.24, 2.45) is 7.05 Å². The maximum Gasteiger partial charge on any atom is 0.337 e. The molecule has 2 aromatic carbocycles. The number of ether oxygens (including phenoxy) is 2. The molecule has 0 bridgehead atoms. The van der Waals surface area contributed by atoms with Crippen LogP contribution in [0.3, 0.4) is 0 Å². The Morgan fingerprint density at radius 1 is 1.12 bits per heavy atom. The number of pyridine rings is 1. The average Bonchev–Trinajstić information content (AvgIpc) is 3.65. The largest absolute Gasteiger partial charge is 0.490 e. The van der Waals surface area contributed by atoms with E-state index in [1.807, 2.05) is 17.9 Å². The SMILES string of the molecule is Cc1nc2c(cc(C(=O)N3CCC(c4c[nH]c5ccccc45)CC3)n2C)c(-c2cc(F)c3c(c2C)CCCO3)c1[C@H](OC(C)(C)C)C(=O)O. The fraction of sp³-hybridized carbons (Fsp3) is 0.410. The minimum absolute atomic E-state index is 0.120. The molecule has 1 fully saturated rings. The Bertz CT molecular complexity index is 2120. The van der Waals surface area contributed by atoms with Gasteiger partial charge in [0.05, 0.1) is 12.2 Å². The first-order valence-corrected chi connectivity index (χ1v) is 17.0. The number of aliphatic carboxylic acids is 1. The predicted molar refractivity (Wildman–Crippen MR) is 187 cm³/mol. The van der Waals surface area contributed by atoms with Gasteiger partial charge in [-0.15, -0.1) is 0 Å². The summed E-state index contributed by atoms with van der Waals surface area (Å²) in [6.45, 7) is 10.7. The van der Waals surface area contributed by atoms with Crippen molar-refractivity contribution in [3.8, 4) is 16.9 Å². The highest BCUT2D eigenvalue weighted by Gasteiger charge is 2.35. The summed E-state index contributed by atoms with van der Waals surface area (Å²) >= 11 is 0. The van der Waals surface area contributed by atoms with Crippen LogP contribution in [0.2, 0.25) is 0 Å². The maximum absolute atomic E-state index is 15.8. The number of amides is 1. The second-order valence-corrected chi connectivity index (χ2v) is 14.4. The molecule has 2 aliphatic heterocycles. The first kappa shape index (κ1) is 32.8. The quantitative estimate of drug-likeness (QED) is 0.192. The summed E-state index contributed by atoms with van der Waals surface area (Å²) in [4.78, 5) is 37.3. The van der Waals surface area contributed by atoms with Gasteiger partial charge in [0.25, 0.3) is 5.91 Å². The van der Waals surface area contributed by atoms with Gasteiger partial charge in [0, 0.05) is 65.0 Å². The number of carbonyl (C=O) groups excluding carboxylic acids is 1. The number of aryl methyl sites for hydroxylation is 2. The van der Waals surface area contributed by atoms with Crippen LogP contribution in [0.5, 0.6) is 5.75 Å². The normalized spacial score (nSPS) is 16.2. The topological polar surface area (TPSA) is 110 Å². The van der Waals surface area contributed by atoms with Crippen LogP contribution in [0.1, 0.15) is 90.5 Å². The summed E-state index contributed by atoms with van der Waals surface area (Å²) in [6, 6.07) is 11.5. The summed E-state index contributed by atoms with van der Waals surface area (Å²) < 4.78 is 29.5. The van der Waals surface area contributed by atoms with Gasteiger partial charge in [-0.1, -0.05) is 18.2 Å².